The number of carbonyl (C=O) groups is 2. The minimum atomic E-state index is -0.844. The van der Waals surface area contributed by atoms with Crippen molar-refractivity contribution in [2.75, 3.05) is 0 Å². The number of carboxylic acid groups (broad SMARTS) is 1. The summed E-state index contributed by atoms with van der Waals surface area (Å²) in [5.74, 6) is -0.897. The Hall–Kier alpha value is -2.10. The molecule has 0 unspecified atom stereocenters. The number of benzene rings is 1. The van der Waals surface area contributed by atoms with Gasteiger partial charge in [0.15, 0.2) is 0 Å². The molecule has 0 aliphatic heterocycles. The minimum Gasteiger partial charge on any atom is -0.481 e. The molecule has 0 aliphatic rings. The number of hydrogen-bond acceptors (Lipinski definition) is 2. The van der Waals surface area contributed by atoms with Crippen LogP contribution in [-0.4, -0.2) is 22.5 Å². The highest BCUT2D eigenvalue weighted by Gasteiger charge is 2.20. The van der Waals surface area contributed by atoms with Crippen LogP contribution in [0.15, 0.2) is 36.4 Å². The van der Waals surface area contributed by atoms with Gasteiger partial charge in [-0.05, 0) is 32.3 Å². The van der Waals surface area contributed by atoms with Gasteiger partial charge in [0.25, 0.3) is 0 Å². The lowest BCUT2D eigenvalue weighted by Gasteiger charge is -2.25. The molecular formula is C17H23NO3. The van der Waals surface area contributed by atoms with Gasteiger partial charge in [0, 0.05) is 18.4 Å². The van der Waals surface area contributed by atoms with Crippen molar-refractivity contribution in [1.82, 2.24) is 5.32 Å². The largest absolute Gasteiger partial charge is 0.481 e. The summed E-state index contributed by atoms with van der Waals surface area (Å²) in [6.45, 7) is 3.68. The zero-order valence-corrected chi connectivity index (χ0v) is 12.6. The standard InChI is InChI=1S/C17H23NO3/c1-17(2,13-12-16(20)21)18-15(19)11-7-6-10-14-8-4-3-5-9-14/h3-6,8-10H,7,11-13H2,1-2H3,(H,18,19)(H,20,21)/b10-6+. The van der Waals surface area contributed by atoms with Crippen LogP contribution in [0.25, 0.3) is 6.08 Å². The molecular weight excluding hydrogens is 266 g/mol. The molecule has 0 fully saturated rings. The summed E-state index contributed by atoms with van der Waals surface area (Å²) in [6, 6.07) is 9.91. The fourth-order valence-electron chi connectivity index (χ4n) is 1.92. The molecule has 0 saturated heterocycles. The maximum absolute atomic E-state index is 11.8. The molecule has 2 N–H and O–H groups in total. The SMILES string of the molecule is CC(C)(CCC(=O)O)NC(=O)CC/C=C/c1ccccc1. The van der Waals surface area contributed by atoms with Crippen molar-refractivity contribution in [2.45, 2.75) is 45.1 Å². The molecule has 1 aromatic rings. The van der Waals surface area contributed by atoms with Crippen molar-refractivity contribution >= 4 is 18.0 Å². The van der Waals surface area contributed by atoms with E-state index in [9.17, 15) is 9.59 Å². The van der Waals surface area contributed by atoms with Gasteiger partial charge in [-0.25, -0.2) is 0 Å². The number of nitrogens with one attached hydrogen (secondary N) is 1. The second kappa shape index (κ2) is 8.25. The summed E-state index contributed by atoms with van der Waals surface area (Å²) >= 11 is 0. The number of amides is 1. The summed E-state index contributed by atoms with van der Waals surface area (Å²) < 4.78 is 0. The maximum Gasteiger partial charge on any atom is 0.303 e. The number of aliphatic carboxylic acids is 1. The third kappa shape index (κ3) is 7.92. The van der Waals surface area contributed by atoms with Crippen LogP contribution >= 0.6 is 0 Å². The maximum atomic E-state index is 11.8. The van der Waals surface area contributed by atoms with Gasteiger partial charge in [0.2, 0.25) is 5.91 Å². The number of carboxylic acids is 1. The molecule has 1 amide bonds. The number of carbonyl (C=O) groups excluding carboxylic acids is 1. The van der Waals surface area contributed by atoms with E-state index in [1.54, 1.807) is 0 Å². The van der Waals surface area contributed by atoms with Gasteiger partial charge < -0.3 is 10.4 Å². The molecule has 0 spiro atoms. The van der Waals surface area contributed by atoms with E-state index in [0.29, 0.717) is 19.3 Å². The van der Waals surface area contributed by atoms with Crippen molar-refractivity contribution < 1.29 is 14.7 Å². The van der Waals surface area contributed by atoms with Gasteiger partial charge in [-0.3, -0.25) is 9.59 Å². The van der Waals surface area contributed by atoms with E-state index in [0.717, 1.165) is 5.56 Å². The van der Waals surface area contributed by atoms with Crippen LogP contribution in [0.4, 0.5) is 0 Å². The minimum absolute atomic E-state index is 0.0527. The molecule has 114 valence electrons. The van der Waals surface area contributed by atoms with Gasteiger partial charge in [-0.2, -0.15) is 0 Å². The molecule has 0 bridgehead atoms. The van der Waals surface area contributed by atoms with Crippen molar-refractivity contribution in [3.63, 3.8) is 0 Å². The van der Waals surface area contributed by atoms with Crippen LogP contribution < -0.4 is 5.32 Å². The van der Waals surface area contributed by atoms with E-state index in [1.165, 1.54) is 0 Å². The molecule has 4 nitrogen and oxygen atoms in total. The summed E-state index contributed by atoms with van der Waals surface area (Å²) in [5.41, 5.74) is 0.623. The average molecular weight is 289 g/mol. The third-order valence-corrected chi connectivity index (χ3v) is 3.09. The lowest BCUT2D eigenvalue weighted by atomic mass is 9.98. The van der Waals surface area contributed by atoms with Crippen LogP contribution in [-0.2, 0) is 9.59 Å². The summed E-state index contributed by atoms with van der Waals surface area (Å²) in [6.07, 6.45) is 5.51. The molecule has 0 aromatic heterocycles. The van der Waals surface area contributed by atoms with Crippen LogP contribution in [0.3, 0.4) is 0 Å². The van der Waals surface area contributed by atoms with Crippen molar-refractivity contribution in [2.24, 2.45) is 0 Å². The first-order valence-electron chi connectivity index (χ1n) is 7.13. The average Bonchev–Trinajstić information content (AvgIpc) is 2.42. The Labute approximate surface area is 125 Å². The van der Waals surface area contributed by atoms with Crippen LogP contribution in [0.1, 0.15) is 45.1 Å². The van der Waals surface area contributed by atoms with E-state index in [2.05, 4.69) is 5.32 Å². The number of rotatable bonds is 8. The lowest BCUT2D eigenvalue weighted by molar-refractivity contribution is -0.137. The molecule has 4 heteroatoms. The Bertz CT molecular complexity index is 492. The highest BCUT2D eigenvalue weighted by molar-refractivity contribution is 5.77. The lowest BCUT2D eigenvalue weighted by Crippen LogP contribution is -2.43. The van der Waals surface area contributed by atoms with E-state index in [-0.39, 0.29) is 12.3 Å². The molecule has 0 radical (unpaired) electrons. The zero-order valence-electron chi connectivity index (χ0n) is 12.6. The van der Waals surface area contributed by atoms with E-state index in [4.69, 9.17) is 5.11 Å². The van der Waals surface area contributed by atoms with Crippen LogP contribution in [0, 0.1) is 0 Å². The molecule has 0 heterocycles. The number of hydrogen-bond donors (Lipinski definition) is 2. The van der Waals surface area contributed by atoms with E-state index < -0.39 is 11.5 Å². The predicted octanol–water partition coefficient (Wildman–Crippen LogP) is 3.24. The molecule has 1 aromatic carbocycles. The monoisotopic (exact) mass is 289 g/mol. The molecule has 1 rings (SSSR count). The summed E-state index contributed by atoms with van der Waals surface area (Å²) in [7, 11) is 0. The smallest absolute Gasteiger partial charge is 0.303 e. The fourth-order valence-corrected chi connectivity index (χ4v) is 1.92. The first-order chi connectivity index (χ1) is 9.89. The predicted molar refractivity (Wildman–Crippen MR) is 83.8 cm³/mol. The molecule has 0 aliphatic carbocycles. The van der Waals surface area contributed by atoms with Crippen LogP contribution in [0.2, 0.25) is 0 Å². The highest BCUT2D eigenvalue weighted by atomic mass is 16.4. The normalized spacial score (nSPS) is 11.5. The van der Waals surface area contributed by atoms with Gasteiger partial charge in [0.05, 0.1) is 0 Å². The number of allylic oxidation sites excluding steroid dienone is 1. The van der Waals surface area contributed by atoms with Gasteiger partial charge in [-0.1, -0.05) is 42.5 Å². The Morgan fingerprint density at radius 2 is 1.86 bits per heavy atom. The van der Waals surface area contributed by atoms with Gasteiger partial charge in [0.1, 0.15) is 0 Å². The Kier molecular flexibility index (Phi) is 6.66. The van der Waals surface area contributed by atoms with Crippen molar-refractivity contribution in [3.8, 4) is 0 Å². The summed E-state index contributed by atoms with van der Waals surface area (Å²) in [4.78, 5) is 22.4. The van der Waals surface area contributed by atoms with Gasteiger partial charge in [-0.15, -0.1) is 0 Å². The Balaban J connectivity index is 2.30. The van der Waals surface area contributed by atoms with Crippen LogP contribution in [0.5, 0.6) is 0 Å². The fraction of sp³-hybridized carbons (Fsp3) is 0.412. The first-order valence-corrected chi connectivity index (χ1v) is 7.13. The third-order valence-electron chi connectivity index (χ3n) is 3.09. The quantitative estimate of drug-likeness (QED) is 0.772. The van der Waals surface area contributed by atoms with Gasteiger partial charge >= 0.3 is 5.97 Å². The molecule has 0 atom stereocenters. The Morgan fingerprint density at radius 3 is 2.48 bits per heavy atom. The molecule has 21 heavy (non-hydrogen) atoms. The van der Waals surface area contributed by atoms with Crippen molar-refractivity contribution in [1.29, 1.82) is 0 Å². The second-order valence-corrected chi connectivity index (χ2v) is 5.68. The highest BCUT2D eigenvalue weighted by Crippen LogP contribution is 2.12. The topological polar surface area (TPSA) is 66.4 Å². The van der Waals surface area contributed by atoms with E-state index in [1.807, 2.05) is 56.3 Å². The Morgan fingerprint density at radius 1 is 1.19 bits per heavy atom. The second-order valence-electron chi connectivity index (χ2n) is 5.68. The molecule has 0 saturated carbocycles. The zero-order chi connectivity index (χ0) is 15.7. The summed E-state index contributed by atoms with van der Waals surface area (Å²) in [5, 5.41) is 11.5. The van der Waals surface area contributed by atoms with E-state index >= 15 is 0 Å². The first kappa shape index (κ1) is 17.0. The van der Waals surface area contributed by atoms with Crippen molar-refractivity contribution in [3.05, 3.63) is 42.0 Å².